The van der Waals surface area contributed by atoms with Gasteiger partial charge in [0.25, 0.3) is 0 Å². The van der Waals surface area contributed by atoms with Crippen LogP contribution in [0.4, 0.5) is 0 Å². The van der Waals surface area contributed by atoms with Gasteiger partial charge in [-0.05, 0) is 13.3 Å². The second-order valence-electron chi connectivity index (χ2n) is 2.48. The summed E-state index contributed by atoms with van der Waals surface area (Å²) in [6.07, 6.45) is 0.796. The lowest BCUT2D eigenvalue weighted by Gasteiger charge is -2.09. The highest BCUT2D eigenvalue weighted by atomic mass is 16.3. The molecule has 4 heteroatoms. The van der Waals surface area contributed by atoms with Crippen LogP contribution in [-0.2, 0) is 4.79 Å². The van der Waals surface area contributed by atoms with E-state index in [2.05, 4.69) is 5.32 Å². The molecule has 0 aliphatic rings. The molecule has 0 spiro atoms. The lowest BCUT2D eigenvalue weighted by Crippen LogP contribution is -2.34. The quantitative estimate of drug-likeness (QED) is 0.497. The Labute approximate surface area is 66.2 Å². The molecule has 0 fully saturated rings. The van der Waals surface area contributed by atoms with Crippen LogP contribution in [0.5, 0.6) is 0 Å². The SMILES string of the molecule is CC(CO)NC(=O)CCCO. The van der Waals surface area contributed by atoms with Crippen LogP contribution in [0.2, 0.25) is 0 Å². The van der Waals surface area contributed by atoms with Crippen LogP contribution >= 0.6 is 0 Å². The van der Waals surface area contributed by atoms with E-state index in [1.54, 1.807) is 6.92 Å². The van der Waals surface area contributed by atoms with Crippen molar-refractivity contribution in [3.05, 3.63) is 0 Å². The lowest BCUT2D eigenvalue weighted by molar-refractivity contribution is -0.122. The number of amides is 1. The molecule has 3 N–H and O–H groups in total. The highest BCUT2D eigenvalue weighted by Gasteiger charge is 2.04. The fraction of sp³-hybridized carbons (Fsp3) is 0.857. The predicted molar refractivity (Wildman–Crippen MR) is 41.0 cm³/mol. The van der Waals surface area contributed by atoms with Crippen molar-refractivity contribution < 1.29 is 15.0 Å². The molecule has 0 radical (unpaired) electrons. The van der Waals surface area contributed by atoms with Gasteiger partial charge in [0.05, 0.1) is 6.61 Å². The first-order valence-corrected chi connectivity index (χ1v) is 3.71. The van der Waals surface area contributed by atoms with Gasteiger partial charge in [-0.3, -0.25) is 4.79 Å². The molecule has 1 amide bonds. The summed E-state index contributed by atoms with van der Waals surface area (Å²) in [6, 6.07) is -0.193. The third kappa shape index (κ3) is 5.82. The number of aliphatic hydroxyl groups is 2. The van der Waals surface area contributed by atoms with E-state index in [-0.39, 0.29) is 25.2 Å². The summed E-state index contributed by atoms with van der Waals surface area (Å²) in [6.45, 7) is 1.70. The van der Waals surface area contributed by atoms with Crippen molar-refractivity contribution in [3.63, 3.8) is 0 Å². The topological polar surface area (TPSA) is 69.6 Å². The molecule has 11 heavy (non-hydrogen) atoms. The van der Waals surface area contributed by atoms with Gasteiger partial charge in [0, 0.05) is 19.1 Å². The minimum absolute atomic E-state index is 0.0287. The first-order chi connectivity index (χ1) is 5.20. The van der Waals surface area contributed by atoms with Gasteiger partial charge in [-0.1, -0.05) is 0 Å². The number of hydrogen-bond donors (Lipinski definition) is 3. The second-order valence-corrected chi connectivity index (χ2v) is 2.48. The number of rotatable bonds is 5. The average Bonchev–Trinajstić information content (AvgIpc) is 2.00. The Morgan fingerprint density at radius 1 is 1.55 bits per heavy atom. The summed E-state index contributed by atoms with van der Waals surface area (Å²) in [5.74, 6) is -0.124. The Hall–Kier alpha value is -0.610. The van der Waals surface area contributed by atoms with Crippen LogP contribution in [-0.4, -0.2) is 35.4 Å². The number of aliphatic hydroxyl groups excluding tert-OH is 2. The zero-order valence-electron chi connectivity index (χ0n) is 6.71. The van der Waals surface area contributed by atoms with Crippen molar-refractivity contribution >= 4 is 5.91 Å². The van der Waals surface area contributed by atoms with E-state index in [1.165, 1.54) is 0 Å². The van der Waals surface area contributed by atoms with E-state index in [0.29, 0.717) is 12.8 Å². The number of nitrogens with one attached hydrogen (secondary N) is 1. The Balaban J connectivity index is 3.36. The molecular weight excluding hydrogens is 146 g/mol. The van der Waals surface area contributed by atoms with E-state index < -0.39 is 0 Å². The van der Waals surface area contributed by atoms with Crippen LogP contribution in [0, 0.1) is 0 Å². The van der Waals surface area contributed by atoms with Crippen molar-refractivity contribution in [2.45, 2.75) is 25.8 Å². The molecule has 66 valence electrons. The molecule has 0 heterocycles. The minimum Gasteiger partial charge on any atom is -0.396 e. The molecule has 0 aromatic heterocycles. The van der Waals surface area contributed by atoms with E-state index in [0.717, 1.165) is 0 Å². The molecule has 0 bridgehead atoms. The van der Waals surface area contributed by atoms with Crippen LogP contribution in [0.15, 0.2) is 0 Å². The van der Waals surface area contributed by atoms with Gasteiger partial charge in [-0.2, -0.15) is 0 Å². The van der Waals surface area contributed by atoms with Crippen molar-refractivity contribution in [3.8, 4) is 0 Å². The molecule has 1 atom stereocenters. The average molecular weight is 161 g/mol. The molecule has 0 saturated heterocycles. The Morgan fingerprint density at radius 3 is 2.64 bits per heavy atom. The van der Waals surface area contributed by atoms with Gasteiger partial charge >= 0.3 is 0 Å². The maximum atomic E-state index is 10.8. The summed E-state index contributed by atoms with van der Waals surface area (Å²) in [5, 5.41) is 19.5. The van der Waals surface area contributed by atoms with Crippen molar-refractivity contribution in [2.75, 3.05) is 13.2 Å². The molecular formula is C7H15NO3. The molecule has 0 rings (SSSR count). The normalized spacial score (nSPS) is 12.6. The summed E-state index contributed by atoms with van der Waals surface area (Å²) in [4.78, 5) is 10.8. The number of hydrogen-bond acceptors (Lipinski definition) is 3. The molecule has 1 unspecified atom stereocenters. The summed E-state index contributed by atoms with van der Waals surface area (Å²) >= 11 is 0. The van der Waals surface area contributed by atoms with Gasteiger partial charge in [0.15, 0.2) is 0 Å². The fourth-order valence-electron chi connectivity index (χ4n) is 0.632. The lowest BCUT2D eigenvalue weighted by atomic mass is 10.3. The largest absolute Gasteiger partial charge is 0.396 e. The number of carbonyl (C=O) groups excluding carboxylic acids is 1. The third-order valence-corrected chi connectivity index (χ3v) is 1.24. The molecule has 0 aromatic carbocycles. The summed E-state index contributed by atoms with van der Waals surface area (Å²) in [5.41, 5.74) is 0. The Bertz CT molecular complexity index is 116. The third-order valence-electron chi connectivity index (χ3n) is 1.24. The van der Waals surface area contributed by atoms with E-state index in [4.69, 9.17) is 10.2 Å². The van der Waals surface area contributed by atoms with Gasteiger partial charge in [0.2, 0.25) is 5.91 Å². The molecule has 0 saturated carbocycles. The van der Waals surface area contributed by atoms with Crippen molar-refractivity contribution in [2.24, 2.45) is 0 Å². The first kappa shape index (κ1) is 10.4. The highest BCUT2D eigenvalue weighted by Crippen LogP contribution is 1.88. The predicted octanol–water partition coefficient (Wildman–Crippen LogP) is -0.744. The zero-order chi connectivity index (χ0) is 8.69. The van der Waals surface area contributed by atoms with Gasteiger partial charge in [0.1, 0.15) is 0 Å². The van der Waals surface area contributed by atoms with Crippen LogP contribution in [0.1, 0.15) is 19.8 Å². The van der Waals surface area contributed by atoms with E-state index in [1.807, 2.05) is 0 Å². The molecule has 0 aromatic rings. The number of carbonyl (C=O) groups is 1. The van der Waals surface area contributed by atoms with Gasteiger partial charge in [-0.25, -0.2) is 0 Å². The van der Waals surface area contributed by atoms with Crippen molar-refractivity contribution in [1.29, 1.82) is 0 Å². The van der Waals surface area contributed by atoms with E-state index >= 15 is 0 Å². The molecule has 4 nitrogen and oxygen atoms in total. The second kappa shape index (κ2) is 6.12. The smallest absolute Gasteiger partial charge is 0.220 e. The zero-order valence-corrected chi connectivity index (χ0v) is 6.71. The van der Waals surface area contributed by atoms with Gasteiger partial charge < -0.3 is 15.5 Å². The highest BCUT2D eigenvalue weighted by molar-refractivity contribution is 5.76. The van der Waals surface area contributed by atoms with Crippen LogP contribution < -0.4 is 5.32 Å². The maximum absolute atomic E-state index is 10.8. The maximum Gasteiger partial charge on any atom is 0.220 e. The van der Waals surface area contributed by atoms with E-state index in [9.17, 15) is 4.79 Å². The van der Waals surface area contributed by atoms with Crippen LogP contribution in [0.25, 0.3) is 0 Å². The molecule has 0 aliphatic carbocycles. The Morgan fingerprint density at radius 2 is 2.18 bits per heavy atom. The summed E-state index contributed by atoms with van der Waals surface area (Å²) < 4.78 is 0. The minimum atomic E-state index is -0.193. The monoisotopic (exact) mass is 161 g/mol. The fourth-order valence-corrected chi connectivity index (χ4v) is 0.632. The Kier molecular flexibility index (Phi) is 5.78. The van der Waals surface area contributed by atoms with Crippen LogP contribution in [0.3, 0.4) is 0 Å². The van der Waals surface area contributed by atoms with Crippen molar-refractivity contribution in [1.82, 2.24) is 5.32 Å². The van der Waals surface area contributed by atoms with Gasteiger partial charge in [-0.15, -0.1) is 0 Å². The standard InChI is InChI=1S/C7H15NO3/c1-6(5-10)8-7(11)3-2-4-9/h6,9-10H,2-5H2,1H3,(H,8,11). The molecule has 0 aliphatic heterocycles. The summed E-state index contributed by atoms with van der Waals surface area (Å²) in [7, 11) is 0. The first-order valence-electron chi connectivity index (χ1n) is 3.71.